The highest BCUT2D eigenvalue weighted by atomic mass is 79.9. The van der Waals surface area contributed by atoms with Crippen molar-refractivity contribution in [2.75, 3.05) is 37.6 Å². The second kappa shape index (κ2) is 8.10. The number of carbonyl (C=O) groups excluding carboxylic acids is 3. The summed E-state index contributed by atoms with van der Waals surface area (Å²) in [6.45, 7) is 3.95. The summed E-state index contributed by atoms with van der Waals surface area (Å²) >= 11 is 3.40. The molecule has 0 aromatic heterocycles. The van der Waals surface area contributed by atoms with Crippen molar-refractivity contribution in [3.05, 3.63) is 64.6 Å². The van der Waals surface area contributed by atoms with Crippen LogP contribution in [-0.2, 0) is 15.1 Å². The fourth-order valence-electron chi connectivity index (χ4n) is 3.92. The minimum absolute atomic E-state index is 0.218. The lowest BCUT2D eigenvalue weighted by Gasteiger charge is -2.36. The van der Waals surface area contributed by atoms with Gasteiger partial charge in [0.05, 0.1) is 0 Å². The molecule has 1 atom stereocenters. The largest absolute Gasteiger partial charge is 0.368 e. The number of nitrogens with zero attached hydrogens (tertiary/aromatic N) is 3. The number of anilines is 1. The third-order valence-corrected chi connectivity index (χ3v) is 6.22. The van der Waals surface area contributed by atoms with E-state index in [4.69, 9.17) is 0 Å². The molecule has 2 aromatic carbocycles. The third kappa shape index (κ3) is 3.79. The van der Waals surface area contributed by atoms with Gasteiger partial charge in [-0.1, -0.05) is 46.3 Å². The van der Waals surface area contributed by atoms with Gasteiger partial charge in [-0.2, -0.15) is 0 Å². The lowest BCUT2D eigenvalue weighted by atomic mass is 9.92. The smallest absolute Gasteiger partial charge is 0.325 e. The predicted molar refractivity (Wildman–Crippen MR) is 117 cm³/mol. The molecule has 4 amide bonds. The summed E-state index contributed by atoms with van der Waals surface area (Å²) in [6.07, 6.45) is 0. The molecule has 1 unspecified atom stereocenters. The Morgan fingerprint density at radius 3 is 2.40 bits per heavy atom. The Kier molecular flexibility index (Phi) is 5.51. The summed E-state index contributed by atoms with van der Waals surface area (Å²) in [5.41, 5.74) is 0.609. The van der Waals surface area contributed by atoms with Crippen LogP contribution in [-0.4, -0.2) is 60.4 Å². The first-order valence-corrected chi connectivity index (χ1v) is 10.7. The van der Waals surface area contributed by atoms with Crippen LogP contribution in [0.15, 0.2) is 59.1 Å². The number of urea groups is 1. The molecule has 4 rings (SSSR count). The number of piperazine rings is 1. The lowest BCUT2D eigenvalue weighted by Crippen LogP contribution is -2.52. The highest BCUT2D eigenvalue weighted by Gasteiger charge is 2.49. The van der Waals surface area contributed by atoms with Crippen molar-refractivity contribution in [2.24, 2.45) is 0 Å². The number of hydrogen-bond donors (Lipinski definition) is 1. The highest BCUT2D eigenvalue weighted by molar-refractivity contribution is 9.10. The predicted octanol–water partition coefficient (Wildman–Crippen LogP) is 2.56. The number of nitrogens with one attached hydrogen (secondary N) is 1. The molecule has 156 valence electrons. The van der Waals surface area contributed by atoms with Crippen LogP contribution in [0.2, 0.25) is 0 Å². The van der Waals surface area contributed by atoms with Gasteiger partial charge in [0.1, 0.15) is 12.1 Å². The fourth-order valence-corrected chi connectivity index (χ4v) is 4.32. The minimum atomic E-state index is -1.19. The number of amides is 4. The molecule has 0 spiro atoms. The van der Waals surface area contributed by atoms with E-state index in [0.717, 1.165) is 15.1 Å². The molecule has 0 bridgehead atoms. The van der Waals surface area contributed by atoms with Crippen molar-refractivity contribution < 1.29 is 14.4 Å². The Bertz CT molecular complexity index is 975. The summed E-state index contributed by atoms with van der Waals surface area (Å²) in [6, 6.07) is 16.8. The molecule has 1 N–H and O–H groups in total. The number of para-hydroxylation sites is 1. The van der Waals surface area contributed by atoms with Gasteiger partial charge in [-0.25, -0.2) is 4.79 Å². The summed E-state index contributed by atoms with van der Waals surface area (Å²) in [7, 11) is 0. The van der Waals surface area contributed by atoms with Gasteiger partial charge >= 0.3 is 6.03 Å². The first kappa shape index (κ1) is 20.4. The van der Waals surface area contributed by atoms with Gasteiger partial charge in [0.2, 0.25) is 5.91 Å². The van der Waals surface area contributed by atoms with E-state index in [1.807, 2.05) is 42.5 Å². The molecule has 8 heteroatoms. The van der Waals surface area contributed by atoms with E-state index in [9.17, 15) is 14.4 Å². The second-order valence-electron chi connectivity index (χ2n) is 7.66. The molecule has 0 saturated carbocycles. The normalized spacial score (nSPS) is 21.7. The monoisotopic (exact) mass is 470 g/mol. The molecule has 2 saturated heterocycles. The number of imide groups is 1. The van der Waals surface area contributed by atoms with Gasteiger partial charge in [-0.15, -0.1) is 0 Å². The van der Waals surface area contributed by atoms with Crippen LogP contribution < -0.4 is 10.2 Å². The minimum Gasteiger partial charge on any atom is -0.368 e. The van der Waals surface area contributed by atoms with E-state index < -0.39 is 17.5 Å². The Morgan fingerprint density at radius 2 is 1.73 bits per heavy atom. The molecule has 2 fully saturated rings. The molecule has 2 aliphatic heterocycles. The molecule has 7 nitrogen and oxygen atoms in total. The van der Waals surface area contributed by atoms with E-state index in [2.05, 4.69) is 26.1 Å². The number of hydrogen-bond acceptors (Lipinski definition) is 4. The van der Waals surface area contributed by atoms with Crippen LogP contribution in [0.1, 0.15) is 12.5 Å². The maximum absolute atomic E-state index is 13.1. The number of halogens is 1. The zero-order valence-electron chi connectivity index (χ0n) is 16.7. The molecule has 0 radical (unpaired) electrons. The summed E-state index contributed by atoms with van der Waals surface area (Å²) < 4.78 is 0.814. The van der Waals surface area contributed by atoms with E-state index in [0.29, 0.717) is 31.7 Å². The SMILES string of the molecule is CC1(c2cccc(Br)c2)NC(=O)N(CC(=O)N2CCN(c3ccccc3)CC2)C1=O. The molecular weight excluding hydrogens is 448 g/mol. The van der Waals surface area contributed by atoms with Crippen LogP contribution in [0.4, 0.5) is 10.5 Å². The Labute approximate surface area is 183 Å². The number of rotatable bonds is 4. The molecule has 30 heavy (non-hydrogen) atoms. The maximum atomic E-state index is 13.1. The van der Waals surface area contributed by atoms with Crippen LogP contribution in [0.3, 0.4) is 0 Å². The Morgan fingerprint density at radius 1 is 1.03 bits per heavy atom. The average Bonchev–Trinajstić information content (AvgIpc) is 2.98. The van der Waals surface area contributed by atoms with E-state index in [1.165, 1.54) is 0 Å². The topological polar surface area (TPSA) is 73.0 Å². The van der Waals surface area contributed by atoms with Crippen molar-refractivity contribution in [3.8, 4) is 0 Å². The first-order chi connectivity index (χ1) is 14.4. The van der Waals surface area contributed by atoms with E-state index in [1.54, 1.807) is 24.0 Å². The van der Waals surface area contributed by atoms with Crippen LogP contribution in [0.25, 0.3) is 0 Å². The zero-order chi connectivity index (χ0) is 21.3. The van der Waals surface area contributed by atoms with Gasteiger partial charge in [-0.05, 0) is 36.8 Å². The van der Waals surface area contributed by atoms with Gasteiger partial charge in [-0.3, -0.25) is 14.5 Å². The molecular formula is C22H23BrN4O3. The van der Waals surface area contributed by atoms with Gasteiger partial charge in [0.25, 0.3) is 5.91 Å². The molecule has 2 aliphatic rings. The van der Waals surface area contributed by atoms with Gasteiger partial charge in [0.15, 0.2) is 0 Å². The molecule has 0 aliphatic carbocycles. The van der Waals surface area contributed by atoms with Crippen molar-refractivity contribution in [3.63, 3.8) is 0 Å². The maximum Gasteiger partial charge on any atom is 0.325 e. The average molecular weight is 471 g/mol. The Balaban J connectivity index is 1.40. The summed E-state index contributed by atoms with van der Waals surface area (Å²) in [4.78, 5) is 43.3. The molecule has 2 heterocycles. The van der Waals surface area contributed by atoms with Crippen molar-refractivity contribution >= 4 is 39.5 Å². The number of benzene rings is 2. The second-order valence-corrected chi connectivity index (χ2v) is 8.58. The highest BCUT2D eigenvalue weighted by Crippen LogP contribution is 2.30. The zero-order valence-corrected chi connectivity index (χ0v) is 18.3. The fraction of sp³-hybridized carbons (Fsp3) is 0.318. The number of carbonyl (C=O) groups is 3. The van der Waals surface area contributed by atoms with Crippen LogP contribution in [0, 0.1) is 0 Å². The Hall–Kier alpha value is -2.87. The standard InChI is InChI=1S/C22H23BrN4O3/c1-22(16-6-5-7-17(23)14-16)20(29)27(21(30)24-22)15-19(28)26-12-10-25(11-13-26)18-8-3-2-4-9-18/h2-9,14H,10-13,15H2,1H3,(H,24,30). The third-order valence-electron chi connectivity index (χ3n) is 5.72. The first-order valence-electron chi connectivity index (χ1n) is 9.86. The van der Waals surface area contributed by atoms with Crippen molar-refractivity contribution in [1.82, 2.24) is 15.1 Å². The summed E-state index contributed by atoms with van der Waals surface area (Å²) in [5.74, 6) is -0.633. The lowest BCUT2D eigenvalue weighted by molar-refractivity contribution is -0.139. The summed E-state index contributed by atoms with van der Waals surface area (Å²) in [5, 5.41) is 2.75. The molecule has 2 aromatic rings. The van der Waals surface area contributed by atoms with Crippen LogP contribution in [0.5, 0.6) is 0 Å². The van der Waals surface area contributed by atoms with Gasteiger partial charge < -0.3 is 15.1 Å². The van der Waals surface area contributed by atoms with Crippen LogP contribution >= 0.6 is 15.9 Å². The van der Waals surface area contributed by atoms with Crippen molar-refractivity contribution in [2.45, 2.75) is 12.5 Å². The van der Waals surface area contributed by atoms with E-state index >= 15 is 0 Å². The van der Waals surface area contributed by atoms with Gasteiger partial charge in [0, 0.05) is 36.3 Å². The van der Waals surface area contributed by atoms with Crippen molar-refractivity contribution in [1.29, 1.82) is 0 Å². The quantitative estimate of drug-likeness (QED) is 0.696. The van der Waals surface area contributed by atoms with E-state index in [-0.39, 0.29) is 12.5 Å².